The van der Waals surface area contributed by atoms with Crippen LogP contribution in [-0.4, -0.2) is 31.7 Å². The number of hydrogen-bond donors (Lipinski definition) is 2. The molecule has 0 atom stereocenters. The van der Waals surface area contributed by atoms with E-state index in [0.717, 1.165) is 36.2 Å². The Balaban J connectivity index is 1.74. The molecule has 1 aliphatic rings. The molecule has 1 heterocycles. The van der Waals surface area contributed by atoms with Gasteiger partial charge in [0.25, 0.3) is 0 Å². The van der Waals surface area contributed by atoms with Crippen molar-refractivity contribution >= 4 is 11.6 Å². The van der Waals surface area contributed by atoms with E-state index in [2.05, 4.69) is 20.8 Å². The van der Waals surface area contributed by atoms with E-state index in [9.17, 15) is 4.79 Å². The second-order valence-corrected chi connectivity index (χ2v) is 5.70. The third kappa shape index (κ3) is 2.92. The van der Waals surface area contributed by atoms with E-state index in [1.807, 2.05) is 25.1 Å². The number of aryl methyl sites for hydroxylation is 1. The van der Waals surface area contributed by atoms with Crippen LogP contribution >= 0.6 is 0 Å². The van der Waals surface area contributed by atoms with Crippen molar-refractivity contribution in [3.8, 4) is 5.69 Å². The van der Waals surface area contributed by atoms with Gasteiger partial charge in [-0.1, -0.05) is 6.07 Å². The van der Waals surface area contributed by atoms with Crippen molar-refractivity contribution in [2.24, 2.45) is 5.73 Å². The molecule has 7 heteroatoms. The average molecular weight is 286 g/mol. The molecule has 3 N–H and O–H groups in total. The number of nitrogens with two attached hydrogens (primary N) is 1. The zero-order valence-corrected chi connectivity index (χ0v) is 11.9. The first-order chi connectivity index (χ1) is 10.1. The molecule has 1 saturated carbocycles. The van der Waals surface area contributed by atoms with E-state index in [1.54, 1.807) is 4.68 Å². The van der Waals surface area contributed by atoms with Gasteiger partial charge in [-0.15, -0.1) is 5.10 Å². The lowest BCUT2D eigenvalue weighted by atomic mass is 9.75. The number of benzene rings is 1. The number of anilines is 1. The number of nitrogens with one attached hydrogen (secondary N) is 1. The van der Waals surface area contributed by atoms with Crippen LogP contribution < -0.4 is 11.1 Å². The van der Waals surface area contributed by atoms with Crippen molar-refractivity contribution in [2.75, 3.05) is 5.32 Å². The number of tetrazole rings is 1. The molecule has 2 aromatic rings. The van der Waals surface area contributed by atoms with Crippen LogP contribution in [0.15, 0.2) is 24.5 Å². The van der Waals surface area contributed by atoms with Crippen LogP contribution in [0, 0.1) is 6.92 Å². The molecule has 1 fully saturated rings. The largest absolute Gasteiger partial charge is 0.326 e. The van der Waals surface area contributed by atoms with Gasteiger partial charge in [-0.2, -0.15) is 0 Å². The summed E-state index contributed by atoms with van der Waals surface area (Å²) < 4.78 is 1.57. The lowest BCUT2D eigenvalue weighted by molar-refractivity contribution is -0.118. The van der Waals surface area contributed by atoms with Gasteiger partial charge in [0.15, 0.2) is 0 Å². The molecule has 21 heavy (non-hydrogen) atoms. The summed E-state index contributed by atoms with van der Waals surface area (Å²) in [5.74, 6) is -0.0521. The van der Waals surface area contributed by atoms with Gasteiger partial charge in [-0.3, -0.25) is 4.79 Å². The maximum Gasteiger partial charge on any atom is 0.226 e. The van der Waals surface area contributed by atoms with Crippen molar-refractivity contribution in [1.82, 2.24) is 20.2 Å². The standard InChI is InChI=1S/C14H18N6O/c1-10-3-4-11(7-12(10)20-9-16-18-19-20)17-13(21)8-14(15)5-2-6-14/h3-4,7,9H,2,5-6,8,15H2,1H3,(H,17,21). The molecule has 1 aliphatic carbocycles. The predicted octanol–water partition coefficient (Wildman–Crippen LogP) is 1.18. The number of carbonyl (C=O) groups excluding carboxylic acids is 1. The molecule has 0 unspecified atom stereocenters. The minimum atomic E-state index is -0.312. The van der Waals surface area contributed by atoms with Crippen molar-refractivity contribution < 1.29 is 4.79 Å². The van der Waals surface area contributed by atoms with Crippen molar-refractivity contribution in [1.29, 1.82) is 0 Å². The summed E-state index contributed by atoms with van der Waals surface area (Å²) in [6.45, 7) is 1.96. The summed E-state index contributed by atoms with van der Waals surface area (Å²) in [6.07, 6.45) is 4.84. The maximum atomic E-state index is 12.1. The molecule has 3 rings (SSSR count). The normalized spacial score (nSPS) is 16.3. The molecule has 0 aliphatic heterocycles. The Kier molecular flexibility index (Phi) is 3.42. The van der Waals surface area contributed by atoms with E-state index in [1.165, 1.54) is 6.33 Å². The predicted molar refractivity (Wildman–Crippen MR) is 77.9 cm³/mol. The number of carbonyl (C=O) groups is 1. The zero-order valence-electron chi connectivity index (χ0n) is 11.9. The van der Waals surface area contributed by atoms with Gasteiger partial charge in [0.05, 0.1) is 5.69 Å². The van der Waals surface area contributed by atoms with Crippen LogP contribution in [0.3, 0.4) is 0 Å². The Labute approximate surface area is 122 Å². The van der Waals surface area contributed by atoms with Gasteiger partial charge in [0, 0.05) is 17.6 Å². The monoisotopic (exact) mass is 286 g/mol. The van der Waals surface area contributed by atoms with Gasteiger partial charge in [-0.05, 0) is 54.3 Å². The fourth-order valence-corrected chi connectivity index (χ4v) is 2.54. The lowest BCUT2D eigenvalue weighted by Crippen LogP contribution is -2.48. The van der Waals surface area contributed by atoms with E-state index in [-0.39, 0.29) is 11.4 Å². The van der Waals surface area contributed by atoms with E-state index < -0.39 is 0 Å². The van der Waals surface area contributed by atoms with Gasteiger partial charge < -0.3 is 11.1 Å². The molecule has 0 radical (unpaired) electrons. The fourth-order valence-electron chi connectivity index (χ4n) is 2.54. The number of rotatable bonds is 4. The topological polar surface area (TPSA) is 98.7 Å². The summed E-state index contributed by atoms with van der Waals surface area (Å²) in [7, 11) is 0. The third-order valence-corrected chi connectivity index (χ3v) is 3.95. The molecule has 7 nitrogen and oxygen atoms in total. The van der Waals surface area contributed by atoms with Crippen molar-refractivity contribution in [3.05, 3.63) is 30.1 Å². The lowest BCUT2D eigenvalue weighted by Gasteiger charge is -2.37. The number of nitrogens with zero attached hydrogens (tertiary/aromatic N) is 4. The highest BCUT2D eigenvalue weighted by Gasteiger charge is 2.34. The van der Waals surface area contributed by atoms with Crippen LogP contribution in [0.4, 0.5) is 5.69 Å². The smallest absolute Gasteiger partial charge is 0.226 e. The number of hydrogen-bond acceptors (Lipinski definition) is 5. The SMILES string of the molecule is Cc1ccc(NC(=O)CC2(N)CCC2)cc1-n1cnnn1. The molecule has 0 saturated heterocycles. The summed E-state index contributed by atoms with van der Waals surface area (Å²) in [4.78, 5) is 12.1. The molecule has 1 aromatic heterocycles. The third-order valence-electron chi connectivity index (χ3n) is 3.95. The van der Waals surface area contributed by atoms with Gasteiger partial charge in [-0.25, -0.2) is 4.68 Å². The molecular formula is C14H18N6O. The first-order valence-electron chi connectivity index (χ1n) is 6.99. The Hall–Kier alpha value is -2.28. The summed E-state index contributed by atoms with van der Waals surface area (Å²) in [6, 6.07) is 5.65. The quantitative estimate of drug-likeness (QED) is 0.879. The first-order valence-corrected chi connectivity index (χ1v) is 6.99. The highest BCUT2D eigenvalue weighted by atomic mass is 16.1. The minimum absolute atomic E-state index is 0.0521. The molecule has 1 amide bonds. The summed E-state index contributed by atoms with van der Waals surface area (Å²) in [5.41, 5.74) is 8.37. The van der Waals surface area contributed by atoms with Crippen LogP contribution in [0.5, 0.6) is 0 Å². The zero-order chi connectivity index (χ0) is 14.9. The number of amides is 1. The Morgan fingerprint density at radius 1 is 1.48 bits per heavy atom. The molecule has 0 spiro atoms. The Morgan fingerprint density at radius 2 is 2.29 bits per heavy atom. The molecule has 110 valence electrons. The van der Waals surface area contributed by atoms with Crippen LogP contribution in [0.25, 0.3) is 5.69 Å². The fraction of sp³-hybridized carbons (Fsp3) is 0.429. The van der Waals surface area contributed by atoms with Gasteiger partial charge in [0.2, 0.25) is 5.91 Å². The van der Waals surface area contributed by atoms with Crippen LogP contribution in [0.2, 0.25) is 0 Å². The first kappa shape index (κ1) is 13.7. The van der Waals surface area contributed by atoms with Crippen LogP contribution in [-0.2, 0) is 4.79 Å². The highest BCUT2D eigenvalue weighted by Crippen LogP contribution is 2.32. The Bertz CT molecular complexity index is 647. The van der Waals surface area contributed by atoms with E-state index >= 15 is 0 Å². The van der Waals surface area contributed by atoms with Crippen molar-refractivity contribution in [2.45, 2.75) is 38.1 Å². The number of aromatic nitrogens is 4. The van der Waals surface area contributed by atoms with E-state index in [4.69, 9.17) is 5.73 Å². The molecule has 0 bridgehead atoms. The van der Waals surface area contributed by atoms with Gasteiger partial charge in [0.1, 0.15) is 6.33 Å². The summed E-state index contributed by atoms with van der Waals surface area (Å²) >= 11 is 0. The Morgan fingerprint density at radius 3 is 2.90 bits per heavy atom. The van der Waals surface area contributed by atoms with Crippen molar-refractivity contribution in [3.63, 3.8) is 0 Å². The van der Waals surface area contributed by atoms with E-state index in [0.29, 0.717) is 6.42 Å². The average Bonchev–Trinajstić information content (AvgIpc) is 2.93. The second kappa shape index (κ2) is 5.25. The highest BCUT2D eigenvalue weighted by molar-refractivity contribution is 5.92. The second-order valence-electron chi connectivity index (χ2n) is 5.70. The van der Waals surface area contributed by atoms with Crippen LogP contribution in [0.1, 0.15) is 31.2 Å². The summed E-state index contributed by atoms with van der Waals surface area (Å²) in [5, 5.41) is 14.0. The van der Waals surface area contributed by atoms with Gasteiger partial charge >= 0.3 is 0 Å². The molecular weight excluding hydrogens is 268 g/mol. The maximum absolute atomic E-state index is 12.1. The molecule has 1 aromatic carbocycles. The minimum Gasteiger partial charge on any atom is -0.326 e.